The summed E-state index contributed by atoms with van der Waals surface area (Å²) < 4.78 is 19.7. The second-order valence-corrected chi connectivity index (χ2v) is 7.60. The van der Waals surface area contributed by atoms with Crippen LogP contribution < -0.4 is 15.6 Å². The molecule has 6 nitrogen and oxygen atoms in total. The number of ether oxygens (including phenoxy) is 1. The van der Waals surface area contributed by atoms with Gasteiger partial charge in [-0.25, -0.2) is 4.39 Å². The van der Waals surface area contributed by atoms with Gasteiger partial charge in [-0.1, -0.05) is 48.0 Å². The van der Waals surface area contributed by atoms with Crippen LogP contribution in [-0.2, 0) is 17.8 Å². The van der Waals surface area contributed by atoms with Gasteiger partial charge in [-0.2, -0.15) is 0 Å². The lowest BCUT2D eigenvalue weighted by molar-refractivity contribution is -0.121. The van der Waals surface area contributed by atoms with Crippen molar-refractivity contribution in [3.63, 3.8) is 0 Å². The molecule has 4 rings (SSSR count). The minimum absolute atomic E-state index is 0.0664. The molecule has 0 spiro atoms. The molecule has 4 aromatic rings. The van der Waals surface area contributed by atoms with Crippen molar-refractivity contribution >= 4 is 34.3 Å². The summed E-state index contributed by atoms with van der Waals surface area (Å²) in [6.45, 7) is 0.303. The first kappa shape index (κ1) is 22.2. The molecular weight excluding hydrogens is 445 g/mol. The molecule has 2 N–H and O–H groups in total. The number of halogens is 2. The Morgan fingerprint density at radius 1 is 0.939 bits per heavy atom. The second kappa shape index (κ2) is 10.1. The Bertz CT molecular complexity index is 1290. The number of pyridine rings is 1. The van der Waals surface area contributed by atoms with Crippen LogP contribution in [0.1, 0.15) is 21.5 Å². The first-order chi connectivity index (χ1) is 16.0. The molecule has 0 aliphatic heterocycles. The van der Waals surface area contributed by atoms with E-state index in [0.717, 1.165) is 16.5 Å². The highest BCUT2D eigenvalue weighted by Gasteiger charge is 2.13. The fraction of sp³-hybridized carbons (Fsp3) is 0.0800. The highest BCUT2D eigenvalue weighted by atomic mass is 35.5. The van der Waals surface area contributed by atoms with Gasteiger partial charge in [0.25, 0.3) is 5.91 Å². The van der Waals surface area contributed by atoms with Crippen LogP contribution in [0.5, 0.6) is 5.75 Å². The van der Waals surface area contributed by atoms with Gasteiger partial charge in [0.2, 0.25) is 5.91 Å². The molecule has 3 aromatic carbocycles. The van der Waals surface area contributed by atoms with Crippen molar-refractivity contribution in [2.45, 2.75) is 13.0 Å². The zero-order chi connectivity index (χ0) is 23.2. The van der Waals surface area contributed by atoms with Gasteiger partial charge in [-0.15, -0.1) is 0 Å². The Hall–Kier alpha value is -3.97. The van der Waals surface area contributed by atoms with Gasteiger partial charge in [0.05, 0.1) is 6.42 Å². The van der Waals surface area contributed by atoms with E-state index in [4.69, 9.17) is 16.3 Å². The van der Waals surface area contributed by atoms with Crippen molar-refractivity contribution in [3.05, 3.63) is 107 Å². The maximum Gasteiger partial charge on any atom is 0.269 e. The number of fused-ring (bicyclic) bond motifs is 1. The topological polar surface area (TPSA) is 80.3 Å². The van der Waals surface area contributed by atoms with E-state index >= 15 is 0 Å². The zero-order valence-electron chi connectivity index (χ0n) is 17.3. The largest absolute Gasteiger partial charge is 0.487 e. The minimum atomic E-state index is -0.593. The van der Waals surface area contributed by atoms with E-state index in [1.54, 1.807) is 30.5 Å². The molecule has 1 aromatic heterocycles. The smallest absolute Gasteiger partial charge is 0.269 e. The standard InChI is InChI=1S/C25H19ClFN3O3/c26-20-6-2-7-21(27)19(20)14-23(31)29-30-25(32)18-11-9-16(10-12-18)15-33-22-8-1-4-17-5-3-13-28-24(17)22/h1-13H,14-15H2,(H,29,31)(H,30,32). The van der Waals surface area contributed by atoms with Crippen LogP contribution in [0.2, 0.25) is 5.02 Å². The van der Waals surface area contributed by atoms with Crippen molar-refractivity contribution in [1.82, 2.24) is 15.8 Å². The van der Waals surface area contributed by atoms with E-state index in [9.17, 15) is 14.0 Å². The maximum atomic E-state index is 13.8. The van der Waals surface area contributed by atoms with Crippen molar-refractivity contribution in [3.8, 4) is 5.75 Å². The van der Waals surface area contributed by atoms with E-state index in [1.165, 1.54) is 18.2 Å². The maximum absolute atomic E-state index is 13.8. The molecule has 2 amide bonds. The number of benzene rings is 3. The third kappa shape index (κ3) is 5.45. The van der Waals surface area contributed by atoms with Gasteiger partial charge in [0, 0.05) is 27.7 Å². The van der Waals surface area contributed by atoms with E-state index in [-0.39, 0.29) is 17.0 Å². The number of nitrogens with zero attached hydrogens (tertiary/aromatic N) is 1. The Kier molecular flexibility index (Phi) is 6.80. The molecular formula is C25H19ClFN3O3. The molecule has 0 atom stereocenters. The molecule has 0 saturated heterocycles. The molecule has 0 saturated carbocycles. The predicted octanol–water partition coefficient (Wildman–Crippen LogP) is 4.61. The van der Waals surface area contributed by atoms with Gasteiger partial charge in [-0.3, -0.25) is 25.4 Å². The molecule has 0 aliphatic rings. The van der Waals surface area contributed by atoms with E-state index in [1.807, 2.05) is 30.3 Å². The number of amides is 2. The molecule has 166 valence electrons. The van der Waals surface area contributed by atoms with Crippen molar-refractivity contribution in [1.29, 1.82) is 0 Å². The third-order valence-corrected chi connectivity index (χ3v) is 5.27. The summed E-state index contributed by atoms with van der Waals surface area (Å²) in [6.07, 6.45) is 1.41. The fourth-order valence-corrected chi connectivity index (χ4v) is 3.44. The number of carbonyl (C=O) groups excluding carboxylic acids is 2. The monoisotopic (exact) mass is 463 g/mol. The van der Waals surface area contributed by atoms with Gasteiger partial charge in [-0.05, 0) is 42.0 Å². The number of aromatic nitrogens is 1. The summed E-state index contributed by atoms with van der Waals surface area (Å²) in [5, 5.41) is 1.13. The lowest BCUT2D eigenvalue weighted by Gasteiger charge is -2.10. The number of rotatable bonds is 6. The SMILES string of the molecule is O=C(Cc1c(F)cccc1Cl)NNC(=O)c1ccc(COc2cccc3cccnc23)cc1. The van der Waals surface area contributed by atoms with Gasteiger partial charge >= 0.3 is 0 Å². The van der Waals surface area contributed by atoms with Gasteiger partial charge < -0.3 is 4.74 Å². The molecule has 0 unspecified atom stereocenters. The van der Waals surface area contributed by atoms with Crippen LogP contribution >= 0.6 is 11.6 Å². The number of hydrogen-bond donors (Lipinski definition) is 2. The normalized spacial score (nSPS) is 10.6. The highest BCUT2D eigenvalue weighted by Crippen LogP contribution is 2.24. The van der Waals surface area contributed by atoms with Crippen LogP contribution in [0.25, 0.3) is 10.9 Å². The summed E-state index contributed by atoms with van der Waals surface area (Å²) in [5.74, 6) is -1.01. The summed E-state index contributed by atoms with van der Waals surface area (Å²) in [6, 6.07) is 20.5. The second-order valence-electron chi connectivity index (χ2n) is 7.20. The summed E-state index contributed by atoms with van der Waals surface area (Å²) in [7, 11) is 0. The summed E-state index contributed by atoms with van der Waals surface area (Å²) >= 11 is 5.92. The fourth-order valence-electron chi connectivity index (χ4n) is 3.21. The molecule has 1 heterocycles. The molecule has 8 heteroatoms. The summed E-state index contributed by atoms with van der Waals surface area (Å²) in [4.78, 5) is 28.7. The summed E-state index contributed by atoms with van der Waals surface area (Å²) in [5.41, 5.74) is 6.63. The van der Waals surface area contributed by atoms with E-state index < -0.39 is 17.6 Å². The van der Waals surface area contributed by atoms with E-state index in [2.05, 4.69) is 15.8 Å². The van der Waals surface area contributed by atoms with Crippen LogP contribution in [0, 0.1) is 5.82 Å². The van der Waals surface area contributed by atoms with Gasteiger partial charge in [0.1, 0.15) is 23.7 Å². The quantitative estimate of drug-likeness (QED) is 0.409. The van der Waals surface area contributed by atoms with Crippen molar-refractivity contribution in [2.24, 2.45) is 0 Å². The van der Waals surface area contributed by atoms with Crippen LogP contribution in [0.3, 0.4) is 0 Å². The predicted molar refractivity (Wildman–Crippen MR) is 123 cm³/mol. The lowest BCUT2D eigenvalue weighted by atomic mass is 10.1. The average Bonchev–Trinajstić information content (AvgIpc) is 2.84. The van der Waals surface area contributed by atoms with E-state index in [0.29, 0.717) is 17.9 Å². The number of hydrogen-bond acceptors (Lipinski definition) is 4. The van der Waals surface area contributed by atoms with Crippen molar-refractivity contribution in [2.75, 3.05) is 0 Å². The van der Waals surface area contributed by atoms with Gasteiger partial charge in [0.15, 0.2) is 0 Å². The van der Waals surface area contributed by atoms with Crippen LogP contribution in [0.4, 0.5) is 4.39 Å². The number of nitrogens with one attached hydrogen (secondary N) is 2. The Balaban J connectivity index is 1.31. The number of para-hydroxylation sites is 1. The molecule has 0 fully saturated rings. The Labute approximate surface area is 194 Å². The molecule has 33 heavy (non-hydrogen) atoms. The molecule has 0 radical (unpaired) electrons. The average molecular weight is 464 g/mol. The number of carbonyl (C=O) groups is 2. The highest BCUT2D eigenvalue weighted by molar-refractivity contribution is 6.31. The van der Waals surface area contributed by atoms with Crippen LogP contribution in [-0.4, -0.2) is 16.8 Å². The third-order valence-electron chi connectivity index (χ3n) is 4.92. The lowest BCUT2D eigenvalue weighted by Crippen LogP contribution is -2.42. The Morgan fingerprint density at radius 3 is 2.48 bits per heavy atom. The first-order valence-electron chi connectivity index (χ1n) is 10.1. The molecule has 0 aliphatic carbocycles. The minimum Gasteiger partial charge on any atom is -0.487 e. The first-order valence-corrected chi connectivity index (χ1v) is 10.5. The molecule has 0 bridgehead atoms. The Morgan fingerprint density at radius 2 is 1.70 bits per heavy atom. The number of hydrazine groups is 1. The van der Waals surface area contributed by atoms with Crippen molar-refractivity contribution < 1.29 is 18.7 Å². The zero-order valence-corrected chi connectivity index (χ0v) is 18.1. The van der Waals surface area contributed by atoms with Crippen LogP contribution in [0.15, 0.2) is 79.0 Å².